The standard InChI is InChI=1S/C7H4ClN2/c8-6-1-2-10-5-9-4-7(10)3-6/h1,3-5H. The van der Waals surface area contributed by atoms with Gasteiger partial charge in [-0.25, -0.2) is 4.98 Å². The van der Waals surface area contributed by atoms with Crippen LogP contribution in [0.15, 0.2) is 24.7 Å². The summed E-state index contributed by atoms with van der Waals surface area (Å²) in [6, 6.07) is 3.54. The van der Waals surface area contributed by atoms with Gasteiger partial charge in [0.05, 0.1) is 24.2 Å². The Kier molecular flexibility index (Phi) is 1.14. The van der Waals surface area contributed by atoms with Crippen molar-refractivity contribution in [2.75, 3.05) is 0 Å². The van der Waals surface area contributed by atoms with Crippen molar-refractivity contribution in [1.82, 2.24) is 9.38 Å². The predicted octanol–water partition coefficient (Wildman–Crippen LogP) is 1.79. The van der Waals surface area contributed by atoms with E-state index in [1.807, 2.05) is 6.07 Å². The third-order valence-electron chi connectivity index (χ3n) is 1.29. The molecule has 0 amide bonds. The fourth-order valence-electron chi connectivity index (χ4n) is 0.834. The summed E-state index contributed by atoms with van der Waals surface area (Å²) >= 11 is 5.70. The van der Waals surface area contributed by atoms with Gasteiger partial charge in [0.25, 0.3) is 0 Å². The zero-order valence-corrected chi connectivity index (χ0v) is 5.84. The third-order valence-corrected chi connectivity index (χ3v) is 1.51. The molecule has 1 radical (unpaired) electrons. The van der Waals surface area contributed by atoms with Crippen molar-refractivity contribution in [3.63, 3.8) is 0 Å². The number of nitrogens with zero attached hydrogens (tertiary/aromatic N) is 2. The molecule has 0 saturated carbocycles. The van der Waals surface area contributed by atoms with Gasteiger partial charge < -0.3 is 0 Å². The molecule has 0 aliphatic heterocycles. The van der Waals surface area contributed by atoms with Gasteiger partial charge in [-0.1, -0.05) is 11.6 Å². The van der Waals surface area contributed by atoms with E-state index in [-0.39, 0.29) is 0 Å². The summed E-state index contributed by atoms with van der Waals surface area (Å²) in [7, 11) is 0. The molecule has 0 aliphatic rings. The number of pyridine rings is 1. The average Bonchev–Trinajstić information content (AvgIpc) is 2.33. The molecule has 2 heterocycles. The van der Waals surface area contributed by atoms with Crippen molar-refractivity contribution in [2.45, 2.75) is 0 Å². The van der Waals surface area contributed by atoms with E-state index in [0.717, 1.165) is 5.52 Å². The topological polar surface area (TPSA) is 17.3 Å². The summed E-state index contributed by atoms with van der Waals surface area (Å²) in [5.41, 5.74) is 0.965. The zero-order valence-electron chi connectivity index (χ0n) is 5.08. The van der Waals surface area contributed by atoms with Crippen LogP contribution in [0.4, 0.5) is 0 Å². The maximum absolute atomic E-state index is 5.70. The second kappa shape index (κ2) is 1.99. The molecule has 49 valence electrons. The average molecular weight is 152 g/mol. The van der Waals surface area contributed by atoms with Gasteiger partial charge >= 0.3 is 0 Å². The molecule has 2 rings (SSSR count). The minimum absolute atomic E-state index is 0.688. The highest BCUT2D eigenvalue weighted by Gasteiger charge is 1.92. The Morgan fingerprint density at radius 2 is 2.50 bits per heavy atom. The lowest BCUT2D eigenvalue weighted by molar-refractivity contribution is 1.14. The summed E-state index contributed by atoms with van der Waals surface area (Å²) < 4.78 is 1.78. The summed E-state index contributed by atoms with van der Waals surface area (Å²) in [4.78, 5) is 3.92. The molecule has 0 aromatic carbocycles. The van der Waals surface area contributed by atoms with E-state index in [1.54, 1.807) is 23.0 Å². The van der Waals surface area contributed by atoms with Gasteiger partial charge in [-0.3, -0.25) is 4.40 Å². The molecule has 2 nitrogen and oxygen atoms in total. The van der Waals surface area contributed by atoms with Gasteiger partial charge in [-0.2, -0.15) is 0 Å². The number of fused-ring (bicyclic) bond motifs is 1. The largest absolute Gasteiger partial charge is 0.297 e. The second-order valence-electron chi connectivity index (χ2n) is 1.99. The van der Waals surface area contributed by atoms with Gasteiger partial charge in [0.15, 0.2) is 0 Å². The van der Waals surface area contributed by atoms with Gasteiger partial charge in [0, 0.05) is 5.02 Å². The van der Waals surface area contributed by atoms with Gasteiger partial charge in [0.2, 0.25) is 0 Å². The Hall–Kier alpha value is -1.02. The van der Waals surface area contributed by atoms with Crippen LogP contribution in [0, 0.1) is 6.20 Å². The highest BCUT2D eigenvalue weighted by atomic mass is 35.5. The van der Waals surface area contributed by atoms with Crippen LogP contribution in [0.2, 0.25) is 5.02 Å². The Morgan fingerprint density at radius 1 is 1.60 bits per heavy atom. The molecule has 0 atom stereocenters. The molecular formula is C7H4ClN2. The fourth-order valence-corrected chi connectivity index (χ4v) is 0.995. The molecule has 0 bridgehead atoms. The first kappa shape index (κ1) is 5.74. The van der Waals surface area contributed by atoms with E-state index in [2.05, 4.69) is 11.2 Å². The molecule has 0 fully saturated rings. The first-order valence-corrected chi connectivity index (χ1v) is 3.23. The van der Waals surface area contributed by atoms with E-state index < -0.39 is 0 Å². The fraction of sp³-hybridized carbons (Fsp3) is 0. The van der Waals surface area contributed by atoms with Crippen LogP contribution in [0.3, 0.4) is 0 Å². The van der Waals surface area contributed by atoms with Gasteiger partial charge in [-0.15, -0.1) is 0 Å². The van der Waals surface area contributed by atoms with Gasteiger partial charge in [0.1, 0.15) is 0 Å². The highest BCUT2D eigenvalue weighted by Crippen LogP contribution is 2.10. The Bertz CT molecular complexity index is 353. The van der Waals surface area contributed by atoms with E-state index in [0.29, 0.717) is 5.02 Å². The maximum atomic E-state index is 5.70. The lowest BCUT2D eigenvalue weighted by Gasteiger charge is -1.90. The number of halogens is 1. The lowest BCUT2D eigenvalue weighted by atomic mass is 10.4. The number of aromatic nitrogens is 2. The van der Waals surface area contributed by atoms with Crippen molar-refractivity contribution in [2.24, 2.45) is 0 Å². The number of rotatable bonds is 0. The Balaban J connectivity index is 2.86. The zero-order chi connectivity index (χ0) is 6.97. The monoisotopic (exact) mass is 151 g/mol. The number of hydrogen-bond acceptors (Lipinski definition) is 1. The molecule has 0 aliphatic carbocycles. The summed E-state index contributed by atoms with van der Waals surface area (Å²) in [6.07, 6.45) is 6.35. The van der Waals surface area contributed by atoms with Crippen LogP contribution in [-0.4, -0.2) is 9.38 Å². The summed E-state index contributed by atoms with van der Waals surface area (Å²) in [5.74, 6) is 0. The van der Waals surface area contributed by atoms with Crippen molar-refractivity contribution in [3.8, 4) is 0 Å². The van der Waals surface area contributed by atoms with Crippen LogP contribution in [0.5, 0.6) is 0 Å². The quantitative estimate of drug-likeness (QED) is 0.561. The van der Waals surface area contributed by atoms with Crippen LogP contribution < -0.4 is 0 Å². The highest BCUT2D eigenvalue weighted by molar-refractivity contribution is 6.30. The van der Waals surface area contributed by atoms with E-state index in [9.17, 15) is 0 Å². The first-order chi connectivity index (χ1) is 4.86. The first-order valence-electron chi connectivity index (χ1n) is 2.85. The second-order valence-corrected chi connectivity index (χ2v) is 2.43. The van der Waals surface area contributed by atoms with Crippen LogP contribution in [-0.2, 0) is 0 Å². The summed E-state index contributed by atoms with van der Waals surface area (Å²) in [5, 5.41) is 0.688. The van der Waals surface area contributed by atoms with E-state index >= 15 is 0 Å². The molecule has 2 aromatic heterocycles. The molecule has 10 heavy (non-hydrogen) atoms. The van der Waals surface area contributed by atoms with E-state index in [1.165, 1.54) is 0 Å². The maximum Gasteiger partial charge on any atom is 0.0997 e. The minimum atomic E-state index is 0.688. The van der Waals surface area contributed by atoms with Crippen molar-refractivity contribution in [1.29, 1.82) is 0 Å². The Morgan fingerprint density at radius 3 is 3.40 bits per heavy atom. The SMILES string of the molecule is Clc1c[c]n2cncc2c1. The predicted molar refractivity (Wildman–Crippen MR) is 39.0 cm³/mol. The van der Waals surface area contributed by atoms with E-state index in [4.69, 9.17) is 11.6 Å². The number of imidazole rings is 1. The minimum Gasteiger partial charge on any atom is -0.297 e. The molecule has 2 aromatic rings. The third kappa shape index (κ3) is 0.772. The summed E-state index contributed by atoms with van der Waals surface area (Å²) in [6.45, 7) is 0. The van der Waals surface area contributed by atoms with Crippen LogP contribution in [0.25, 0.3) is 5.52 Å². The molecule has 3 heteroatoms. The van der Waals surface area contributed by atoms with Crippen molar-refractivity contribution < 1.29 is 0 Å². The smallest absolute Gasteiger partial charge is 0.0997 e. The normalized spacial score (nSPS) is 10.5. The van der Waals surface area contributed by atoms with Crippen LogP contribution in [0.1, 0.15) is 0 Å². The van der Waals surface area contributed by atoms with Gasteiger partial charge in [-0.05, 0) is 12.1 Å². The molecule has 0 unspecified atom stereocenters. The lowest BCUT2D eigenvalue weighted by Crippen LogP contribution is -1.78. The molecule has 0 N–H and O–H groups in total. The molecular weight excluding hydrogens is 148 g/mol. The number of hydrogen-bond donors (Lipinski definition) is 0. The van der Waals surface area contributed by atoms with Crippen molar-refractivity contribution >= 4 is 17.1 Å². The van der Waals surface area contributed by atoms with Crippen LogP contribution >= 0.6 is 11.6 Å². The van der Waals surface area contributed by atoms with Crippen molar-refractivity contribution in [3.05, 3.63) is 35.9 Å². The molecule has 0 saturated heterocycles. The Labute approximate surface area is 63.1 Å². The molecule has 0 spiro atoms.